The maximum absolute atomic E-state index is 5.71. The average molecular weight is 272 g/mol. The molecular weight excluding hydrogens is 252 g/mol. The molecule has 1 aliphatic rings. The number of anilines is 2. The quantitative estimate of drug-likeness (QED) is 0.909. The van der Waals surface area contributed by atoms with Gasteiger partial charge in [0, 0.05) is 19.0 Å². The Hall–Kier alpha value is -1.88. The van der Waals surface area contributed by atoms with Crippen molar-refractivity contribution in [1.82, 2.24) is 9.97 Å². The van der Waals surface area contributed by atoms with Gasteiger partial charge in [0.2, 0.25) is 5.95 Å². The van der Waals surface area contributed by atoms with E-state index in [1.54, 1.807) is 0 Å². The number of rotatable bonds is 2. The van der Waals surface area contributed by atoms with Crippen LogP contribution in [0.1, 0.15) is 13.8 Å². The van der Waals surface area contributed by atoms with Crippen LogP contribution in [0, 0.1) is 0 Å². The second-order valence-corrected chi connectivity index (χ2v) is 5.28. The molecule has 1 aliphatic heterocycles. The first-order valence-electron chi connectivity index (χ1n) is 7.02. The number of hydrogen-bond donors (Lipinski definition) is 1. The Labute approximate surface area is 119 Å². The van der Waals surface area contributed by atoms with Crippen molar-refractivity contribution in [2.45, 2.75) is 26.0 Å². The highest BCUT2D eigenvalue weighted by Crippen LogP contribution is 2.28. The molecule has 1 aromatic carbocycles. The van der Waals surface area contributed by atoms with E-state index >= 15 is 0 Å². The Balaban J connectivity index is 2.13. The third-order valence-corrected chi connectivity index (χ3v) is 3.69. The largest absolute Gasteiger partial charge is 0.375 e. The lowest BCUT2D eigenvalue weighted by Crippen LogP contribution is -2.48. The SMILES string of the molecule is CNc1nc(N2CC(C)OCC2C)c2ccccc2n1. The molecular formula is C15H20N4O. The molecule has 0 bridgehead atoms. The normalized spacial score (nSPS) is 23.1. The molecule has 3 rings (SSSR count). The highest BCUT2D eigenvalue weighted by atomic mass is 16.5. The second kappa shape index (κ2) is 5.25. The fourth-order valence-corrected chi connectivity index (χ4v) is 2.59. The first-order valence-corrected chi connectivity index (χ1v) is 7.02. The molecule has 0 saturated carbocycles. The van der Waals surface area contributed by atoms with Crippen LogP contribution >= 0.6 is 0 Å². The second-order valence-electron chi connectivity index (χ2n) is 5.28. The summed E-state index contributed by atoms with van der Waals surface area (Å²) in [6, 6.07) is 8.45. The van der Waals surface area contributed by atoms with Gasteiger partial charge < -0.3 is 15.0 Å². The molecule has 2 aromatic rings. The van der Waals surface area contributed by atoms with E-state index in [4.69, 9.17) is 4.74 Å². The summed E-state index contributed by atoms with van der Waals surface area (Å²) in [7, 11) is 1.85. The average Bonchev–Trinajstić information content (AvgIpc) is 2.48. The first kappa shape index (κ1) is 13.1. The number of nitrogens with zero attached hydrogens (tertiary/aromatic N) is 3. The minimum Gasteiger partial charge on any atom is -0.375 e. The standard InChI is InChI=1S/C15H20N4O/c1-10-9-20-11(2)8-19(10)14-12-6-4-5-7-13(12)17-15(16-3)18-14/h4-7,10-11H,8-9H2,1-3H3,(H,16,17,18). The fourth-order valence-electron chi connectivity index (χ4n) is 2.59. The molecule has 5 heteroatoms. The molecule has 0 spiro atoms. The van der Waals surface area contributed by atoms with Gasteiger partial charge in [-0.25, -0.2) is 4.98 Å². The van der Waals surface area contributed by atoms with Crippen molar-refractivity contribution < 1.29 is 4.74 Å². The van der Waals surface area contributed by atoms with Gasteiger partial charge in [-0.05, 0) is 26.0 Å². The number of fused-ring (bicyclic) bond motifs is 1. The van der Waals surface area contributed by atoms with Crippen LogP contribution in [-0.2, 0) is 4.74 Å². The molecule has 2 heterocycles. The summed E-state index contributed by atoms with van der Waals surface area (Å²) in [5.41, 5.74) is 0.966. The lowest BCUT2D eigenvalue weighted by atomic mass is 10.1. The molecule has 0 aliphatic carbocycles. The number of hydrogen-bond acceptors (Lipinski definition) is 5. The van der Waals surface area contributed by atoms with E-state index in [1.165, 1.54) is 0 Å². The Morgan fingerprint density at radius 1 is 1.25 bits per heavy atom. The summed E-state index contributed by atoms with van der Waals surface area (Å²) in [6.45, 7) is 5.85. The molecule has 2 atom stereocenters. The predicted octanol–water partition coefficient (Wildman–Crippen LogP) is 2.29. The number of nitrogens with one attached hydrogen (secondary N) is 1. The third kappa shape index (κ3) is 2.29. The Morgan fingerprint density at radius 2 is 2.05 bits per heavy atom. The van der Waals surface area contributed by atoms with Crippen molar-refractivity contribution in [3.8, 4) is 0 Å². The molecule has 1 fully saturated rings. The lowest BCUT2D eigenvalue weighted by Gasteiger charge is -2.38. The van der Waals surface area contributed by atoms with Crippen molar-refractivity contribution in [2.75, 3.05) is 30.4 Å². The Bertz CT molecular complexity index is 616. The number of ether oxygens (including phenoxy) is 1. The van der Waals surface area contributed by atoms with Crippen molar-refractivity contribution in [3.05, 3.63) is 24.3 Å². The van der Waals surface area contributed by atoms with Gasteiger partial charge in [0.25, 0.3) is 0 Å². The van der Waals surface area contributed by atoms with Crippen molar-refractivity contribution in [2.24, 2.45) is 0 Å². The Morgan fingerprint density at radius 3 is 2.85 bits per heavy atom. The van der Waals surface area contributed by atoms with Crippen LogP contribution in [0.5, 0.6) is 0 Å². The summed E-state index contributed by atoms with van der Waals surface area (Å²) >= 11 is 0. The summed E-state index contributed by atoms with van der Waals surface area (Å²) < 4.78 is 5.71. The molecule has 20 heavy (non-hydrogen) atoms. The van der Waals surface area contributed by atoms with E-state index in [9.17, 15) is 0 Å². The van der Waals surface area contributed by atoms with Gasteiger partial charge in [-0.3, -0.25) is 0 Å². The molecule has 1 aromatic heterocycles. The van der Waals surface area contributed by atoms with Gasteiger partial charge in [0.05, 0.1) is 24.3 Å². The van der Waals surface area contributed by atoms with Crippen LogP contribution in [0.4, 0.5) is 11.8 Å². The minimum absolute atomic E-state index is 0.220. The maximum Gasteiger partial charge on any atom is 0.224 e. The van der Waals surface area contributed by atoms with Crippen LogP contribution in [0.3, 0.4) is 0 Å². The molecule has 5 nitrogen and oxygen atoms in total. The van der Waals surface area contributed by atoms with Crippen LogP contribution < -0.4 is 10.2 Å². The highest BCUT2D eigenvalue weighted by Gasteiger charge is 2.26. The summed E-state index contributed by atoms with van der Waals surface area (Å²) in [4.78, 5) is 11.5. The van der Waals surface area contributed by atoms with Crippen LogP contribution in [0.25, 0.3) is 10.9 Å². The van der Waals surface area contributed by atoms with Crippen molar-refractivity contribution in [1.29, 1.82) is 0 Å². The zero-order chi connectivity index (χ0) is 14.1. The minimum atomic E-state index is 0.220. The third-order valence-electron chi connectivity index (χ3n) is 3.69. The zero-order valence-electron chi connectivity index (χ0n) is 12.1. The van der Waals surface area contributed by atoms with E-state index in [0.717, 1.165) is 29.9 Å². The summed E-state index contributed by atoms with van der Waals surface area (Å²) in [5.74, 6) is 1.65. The molecule has 0 radical (unpaired) electrons. The van der Waals surface area contributed by atoms with Crippen molar-refractivity contribution >= 4 is 22.7 Å². The Kier molecular flexibility index (Phi) is 3.44. The van der Waals surface area contributed by atoms with Gasteiger partial charge >= 0.3 is 0 Å². The van der Waals surface area contributed by atoms with E-state index in [2.05, 4.69) is 40.1 Å². The van der Waals surface area contributed by atoms with Crippen LogP contribution in [0.2, 0.25) is 0 Å². The summed E-state index contributed by atoms with van der Waals surface area (Å²) in [6.07, 6.45) is 0.220. The summed E-state index contributed by atoms with van der Waals surface area (Å²) in [5, 5.41) is 4.13. The number of morpholine rings is 1. The van der Waals surface area contributed by atoms with Crippen LogP contribution in [-0.4, -0.2) is 42.3 Å². The van der Waals surface area contributed by atoms with Crippen molar-refractivity contribution in [3.63, 3.8) is 0 Å². The molecule has 1 saturated heterocycles. The highest BCUT2D eigenvalue weighted by molar-refractivity contribution is 5.90. The number of benzene rings is 1. The van der Waals surface area contributed by atoms with E-state index in [0.29, 0.717) is 12.0 Å². The number of para-hydroxylation sites is 1. The van der Waals surface area contributed by atoms with Gasteiger partial charge in [-0.15, -0.1) is 0 Å². The first-order chi connectivity index (χ1) is 9.69. The monoisotopic (exact) mass is 272 g/mol. The van der Waals surface area contributed by atoms with Crippen LogP contribution in [0.15, 0.2) is 24.3 Å². The van der Waals surface area contributed by atoms with E-state index in [-0.39, 0.29) is 6.10 Å². The smallest absolute Gasteiger partial charge is 0.224 e. The zero-order valence-corrected chi connectivity index (χ0v) is 12.1. The maximum atomic E-state index is 5.71. The fraction of sp³-hybridized carbons (Fsp3) is 0.467. The molecule has 2 unspecified atom stereocenters. The van der Waals surface area contributed by atoms with Gasteiger partial charge in [0.15, 0.2) is 0 Å². The van der Waals surface area contributed by atoms with E-state index in [1.807, 2.05) is 25.2 Å². The topological polar surface area (TPSA) is 50.3 Å². The van der Waals surface area contributed by atoms with Gasteiger partial charge in [-0.2, -0.15) is 4.98 Å². The molecule has 106 valence electrons. The molecule has 1 N–H and O–H groups in total. The predicted molar refractivity (Wildman–Crippen MR) is 81.3 cm³/mol. The number of aromatic nitrogens is 2. The van der Waals surface area contributed by atoms with Gasteiger partial charge in [0.1, 0.15) is 5.82 Å². The molecule has 0 amide bonds. The van der Waals surface area contributed by atoms with E-state index < -0.39 is 0 Å². The van der Waals surface area contributed by atoms with Gasteiger partial charge in [-0.1, -0.05) is 12.1 Å². The lowest BCUT2D eigenvalue weighted by molar-refractivity contribution is 0.0342.